The number of carbonyl (C=O) groups is 2. The van der Waals surface area contributed by atoms with Crippen molar-refractivity contribution in [2.45, 2.75) is 13.3 Å². The molecule has 2 fully saturated rings. The Morgan fingerprint density at radius 3 is 2.30 bits per heavy atom. The molecule has 4 rings (SSSR count). The van der Waals surface area contributed by atoms with Crippen LogP contribution in [0.25, 0.3) is 0 Å². The van der Waals surface area contributed by atoms with Crippen LogP contribution in [0.15, 0.2) is 40.9 Å². The second-order valence-electron chi connectivity index (χ2n) is 7.85. The Bertz CT molecular complexity index is 853. The summed E-state index contributed by atoms with van der Waals surface area (Å²) in [5.41, 5.74) is 0. The molecule has 0 bridgehead atoms. The van der Waals surface area contributed by atoms with Crippen LogP contribution in [0.3, 0.4) is 0 Å². The maximum atomic E-state index is 12.6. The van der Waals surface area contributed by atoms with Gasteiger partial charge in [0.15, 0.2) is 5.76 Å². The van der Waals surface area contributed by atoms with Crippen LogP contribution in [-0.4, -0.2) is 90.4 Å². The van der Waals surface area contributed by atoms with E-state index in [0.717, 1.165) is 57.4 Å². The van der Waals surface area contributed by atoms with Gasteiger partial charge in [-0.2, -0.15) is 0 Å². The fourth-order valence-electron chi connectivity index (χ4n) is 4.02. The maximum Gasteiger partial charge on any atom is 0.289 e. The molecule has 2 aromatic heterocycles. The molecule has 2 aliphatic heterocycles. The highest BCUT2D eigenvalue weighted by Crippen LogP contribution is 2.14. The van der Waals surface area contributed by atoms with Gasteiger partial charge in [-0.25, -0.2) is 4.98 Å². The molecule has 2 saturated heterocycles. The summed E-state index contributed by atoms with van der Waals surface area (Å²) in [6.07, 6.45) is 2.32. The Labute approximate surface area is 177 Å². The molecule has 8 heteroatoms. The Hall–Kier alpha value is -2.87. The average molecular weight is 412 g/mol. The van der Waals surface area contributed by atoms with Crippen molar-refractivity contribution in [2.24, 2.45) is 0 Å². The number of furan rings is 1. The van der Waals surface area contributed by atoms with E-state index in [1.165, 1.54) is 0 Å². The van der Waals surface area contributed by atoms with E-state index >= 15 is 0 Å². The van der Waals surface area contributed by atoms with Gasteiger partial charge in [-0.15, -0.1) is 0 Å². The zero-order valence-corrected chi connectivity index (χ0v) is 17.5. The number of aromatic nitrogens is 1. The number of carbonyl (C=O) groups excluding carboxylic acids is 2. The van der Waals surface area contributed by atoms with Gasteiger partial charge in [-0.1, -0.05) is 6.07 Å². The maximum absolute atomic E-state index is 12.6. The summed E-state index contributed by atoms with van der Waals surface area (Å²) in [6, 6.07) is 9.45. The molecule has 0 atom stereocenters. The summed E-state index contributed by atoms with van der Waals surface area (Å²) >= 11 is 0. The number of anilines is 1. The van der Waals surface area contributed by atoms with Gasteiger partial charge in [0.05, 0.1) is 0 Å². The number of piperazine rings is 2. The normalized spacial score (nSPS) is 18.0. The number of amides is 2. The van der Waals surface area contributed by atoms with Crippen molar-refractivity contribution in [1.29, 1.82) is 0 Å². The molecule has 0 radical (unpaired) electrons. The van der Waals surface area contributed by atoms with E-state index < -0.39 is 0 Å². The van der Waals surface area contributed by atoms with Crippen LogP contribution < -0.4 is 4.90 Å². The van der Waals surface area contributed by atoms with Crippen LogP contribution in [-0.2, 0) is 4.79 Å². The van der Waals surface area contributed by atoms with E-state index in [1.807, 2.05) is 41.0 Å². The van der Waals surface area contributed by atoms with Crippen molar-refractivity contribution in [3.63, 3.8) is 0 Å². The SMILES string of the molecule is Cc1ccc(C(=O)N2CCN(CCC(=O)N3CCN(c4ccccn4)CC3)CC2)o1. The average Bonchev–Trinajstić information content (AvgIpc) is 3.24. The topological polar surface area (TPSA) is 73.1 Å². The van der Waals surface area contributed by atoms with E-state index in [-0.39, 0.29) is 11.8 Å². The highest BCUT2D eigenvalue weighted by Gasteiger charge is 2.26. The molecule has 2 aliphatic rings. The van der Waals surface area contributed by atoms with Crippen molar-refractivity contribution in [3.8, 4) is 0 Å². The quantitative estimate of drug-likeness (QED) is 0.742. The van der Waals surface area contributed by atoms with Crippen LogP contribution in [0.2, 0.25) is 0 Å². The number of hydrogen-bond donors (Lipinski definition) is 0. The van der Waals surface area contributed by atoms with Crippen molar-refractivity contribution in [1.82, 2.24) is 19.7 Å². The van der Waals surface area contributed by atoms with Crippen LogP contribution in [0.1, 0.15) is 22.7 Å². The molecule has 0 saturated carbocycles. The van der Waals surface area contributed by atoms with E-state index in [9.17, 15) is 9.59 Å². The standard InChI is InChI=1S/C22H29N5O3/c1-18-5-6-19(30-18)22(29)27-12-10-24(11-13-27)9-7-21(28)26-16-14-25(15-17-26)20-4-2-3-8-23-20/h2-6,8H,7,9-17H2,1H3. The van der Waals surface area contributed by atoms with Crippen LogP contribution >= 0.6 is 0 Å². The first-order chi connectivity index (χ1) is 14.6. The zero-order valence-electron chi connectivity index (χ0n) is 17.5. The third-order valence-corrected chi connectivity index (χ3v) is 5.86. The summed E-state index contributed by atoms with van der Waals surface area (Å²) in [6.45, 7) is 8.57. The summed E-state index contributed by atoms with van der Waals surface area (Å²) in [5.74, 6) is 2.28. The molecular weight excluding hydrogens is 382 g/mol. The lowest BCUT2D eigenvalue weighted by molar-refractivity contribution is -0.131. The van der Waals surface area contributed by atoms with Gasteiger partial charge in [-0.05, 0) is 31.2 Å². The number of aryl methyl sites for hydroxylation is 1. The van der Waals surface area contributed by atoms with Gasteiger partial charge in [0.1, 0.15) is 11.6 Å². The second kappa shape index (κ2) is 9.30. The van der Waals surface area contributed by atoms with Gasteiger partial charge in [0.25, 0.3) is 5.91 Å². The predicted molar refractivity (Wildman–Crippen MR) is 113 cm³/mol. The number of hydrogen-bond acceptors (Lipinski definition) is 6. The van der Waals surface area contributed by atoms with Gasteiger partial charge >= 0.3 is 0 Å². The first-order valence-electron chi connectivity index (χ1n) is 10.6. The van der Waals surface area contributed by atoms with Gasteiger partial charge in [0, 0.05) is 71.5 Å². The van der Waals surface area contributed by atoms with Crippen LogP contribution in [0.5, 0.6) is 0 Å². The second-order valence-corrected chi connectivity index (χ2v) is 7.85. The number of pyridine rings is 1. The van der Waals surface area contributed by atoms with Crippen molar-refractivity contribution < 1.29 is 14.0 Å². The van der Waals surface area contributed by atoms with Crippen LogP contribution in [0.4, 0.5) is 5.82 Å². The minimum Gasteiger partial charge on any atom is -0.456 e. The monoisotopic (exact) mass is 411 g/mol. The smallest absolute Gasteiger partial charge is 0.289 e. The highest BCUT2D eigenvalue weighted by atomic mass is 16.3. The third-order valence-electron chi connectivity index (χ3n) is 5.86. The molecule has 160 valence electrons. The van der Waals surface area contributed by atoms with Crippen LogP contribution in [0, 0.1) is 6.92 Å². The molecule has 2 amide bonds. The summed E-state index contributed by atoms with van der Waals surface area (Å²) in [5, 5.41) is 0. The molecule has 0 unspecified atom stereocenters. The molecule has 0 aliphatic carbocycles. The fourth-order valence-corrected chi connectivity index (χ4v) is 4.02. The fraction of sp³-hybridized carbons (Fsp3) is 0.500. The Morgan fingerprint density at radius 2 is 1.67 bits per heavy atom. The molecular formula is C22H29N5O3. The van der Waals surface area contributed by atoms with Crippen molar-refractivity contribution in [3.05, 3.63) is 48.0 Å². The predicted octanol–water partition coefficient (Wildman–Crippen LogP) is 1.48. The first-order valence-corrected chi connectivity index (χ1v) is 10.6. The van der Waals surface area contributed by atoms with E-state index in [0.29, 0.717) is 25.3 Å². The Kier molecular flexibility index (Phi) is 6.32. The lowest BCUT2D eigenvalue weighted by atomic mass is 10.2. The molecule has 4 heterocycles. The summed E-state index contributed by atoms with van der Waals surface area (Å²) in [4.78, 5) is 37.8. The summed E-state index contributed by atoms with van der Waals surface area (Å²) < 4.78 is 5.44. The third kappa shape index (κ3) is 4.81. The van der Waals surface area contributed by atoms with Gasteiger partial charge in [-0.3, -0.25) is 14.5 Å². The number of nitrogens with zero attached hydrogens (tertiary/aromatic N) is 5. The van der Waals surface area contributed by atoms with Gasteiger partial charge < -0.3 is 19.1 Å². The Morgan fingerprint density at radius 1 is 0.933 bits per heavy atom. The zero-order chi connectivity index (χ0) is 20.9. The highest BCUT2D eigenvalue weighted by molar-refractivity contribution is 5.91. The Balaban J connectivity index is 1.17. The molecule has 0 spiro atoms. The molecule has 30 heavy (non-hydrogen) atoms. The minimum atomic E-state index is -0.0513. The molecule has 0 aromatic carbocycles. The van der Waals surface area contributed by atoms with Crippen molar-refractivity contribution in [2.75, 3.05) is 63.8 Å². The number of rotatable bonds is 5. The minimum absolute atomic E-state index is 0.0513. The van der Waals surface area contributed by atoms with E-state index in [1.54, 1.807) is 12.3 Å². The lowest BCUT2D eigenvalue weighted by Crippen LogP contribution is -2.51. The van der Waals surface area contributed by atoms with E-state index in [4.69, 9.17) is 4.42 Å². The summed E-state index contributed by atoms with van der Waals surface area (Å²) in [7, 11) is 0. The van der Waals surface area contributed by atoms with Crippen molar-refractivity contribution >= 4 is 17.6 Å². The van der Waals surface area contributed by atoms with Gasteiger partial charge in [0.2, 0.25) is 5.91 Å². The first kappa shape index (κ1) is 20.4. The molecule has 0 N–H and O–H groups in total. The van der Waals surface area contributed by atoms with E-state index in [2.05, 4.69) is 14.8 Å². The lowest BCUT2D eigenvalue weighted by Gasteiger charge is -2.37. The molecule has 2 aromatic rings. The largest absolute Gasteiger partial charge is 0.456 e. The molecule has 8 nitrogen and oxygen atoms in total.